The van der Waals surface area contributed by atoms with E-state index in [9.17, 15) is 13.6 Å². The molecule has 2 N–H and O–H groups in total. The van der Waals surface area contributed by atoms with Crippen molar-refractivity contribution in [2.24, 2.45) is 4.99 Å². The zero-order valence-electron chi connectivity index (χ0n) is 17.5. The standard InChI is InChI=1S/C22H26F2N4O3/c1-25-22(27-14-16-12-18(30-2)9-10-19(16)31-21(23)24)26-13-15-5-7-17(8-6-15)28-11-3-4-20(28)29/h5-10,12,21H,3-4,11,13-14H2,1-2H3,(H2,25,26,27). The van der Waals surface area contributed by atoms with Crippen LogP contribution in [0.3, 0.4) is 0 Å². The van der Waals surface area contributed by atoms with Crippen molar-refractivity contribution in [3.8, 4) is 11.5 Å². The summed E-state index contributed by atoms with van der Waals surface area (Å²) in [5.41, 5.74) is 2.43. The second-order valence-electron chi connectivity index (χ2n) is 6.95. The number of guanidine groups is 1. The first-order valence-corrected chi connectivity index (χ1v) is 9.95. The predicted octanol–water partition coefficient (Wildman–Crippen LogP) is 3.29. The number of halogens is 2. The van der Waals surface area contributed by atoms with Crippen LogP contribution in [-0.4, -0.2) is 39.2 Å². The smallest absolute Gasteiger partial charge is 0.387 e. The number of carbonyl (C=O) groups excluding carboxylic acids is 1. The molecule has 1 aliphatic rings. The third-order valence-electron chi connectivity index (χ3n) is 4.93. The van der Waals surface area contributed by atoms with Crippen LogP contribution in [0.1, 0.15) is 24.0 Å². The molecule has 0 saturated carbocycles. The lowest BCUT2D eigenvalue weighted by atomic mass is 10.2. The number of benzene rings is 2. The number of anilines is 1. The minimum atomic E-state index is -2.91. The molecule has 166 valence electrons. The van der Waals surface area contributed by atoms with E-state index < -0.39 is 6.61 Å². The van der Waals surface area contributed by atoms with E-state index in [4.69, 9.17) is 4.74 Å². The van der Waals surface area contributed by atoms with Gasteiger partial charge in [0, 0.05) is 44.4 Å². The van der Waals surface area contributed by atoms with Gasteiger partial charge in [-0.2, -0.15) is 8.78 Å². The molecule has 0 unspecified atom stereocenters. The van der Waals surface area contributed by atoms with Crippen LogP contribution in [0.5, 0.6) is 11.5 Å². The molecule has 3 rings (SSSR count). The quantitative estimate of drug-likeness (QED) is 0.495. The van der Waals surface area contributed by atoms with E-state index >= 15 is 0 Å². The van der Waals surface area contributed by atoms with E-state index in [2.05, 4.69) is 20.4 Å². The number of nitrogens with zero attached hydrogens (tertiary/aromatic N) is 2. The first-order chi connectivity index (χ1) is 15.0. The normalized spacial score (nSPS) is 14.2. The predicted molar refractivity (Wildman–Crippen MR) is 115 cm³/mol. The maximum Gasteiger partial charge on any atom is 0.387 e. The van der Waals surface area contributed by atoms with Gasteiger partial charge in [0.05, 0.1) is 7.11 Å². The third kappa shape index (κ3) is 6.07. The van der Waals surface area contributed by atoms with Crippen LogP contribution in [0.4, 0.5) is 14.5 Å². The minimum absolute atomic E-state index is 0.0748. The molecule has 1 fully saturated rings. The fourth-order valence-corrected chi connectivity index (χ4v) is 3.33. The van der Waals surface area contributed by atoms with Gasteiger partial charge in [-0.15, -0.1) is 0 Å². The number of amides is 1. The van der Waals surface area contributed by atoms with Crippen LogP contribution in [0.2, 0.25) is 0 Å². The van der Waals surface area contributed by atoms with Crippen LogP contribution >= 0.6 is 0 Å². The Morgan fingerprint density at radius 2 is 1.90 bits per heavy atom. The third-order valence-corrected chi connectivity index (χ3v) is 4.93. The summed E-state index contributed by atoms with van der Waals surface area (Å²) in [6.07, 6.45) is 1.49. The Bertz CT molecular complexity index is 919. The number of ether oxygens (including phenoxy) is 2. The van der Waals surface area contributed by atoms with Crippen molar-refractivity contribution in [2.75, 3.05) is 25.6 Å². The molecule has 0 radical (unpaired) electrons. The summed E-state index contributed by atoms with van der Waals surface area (Å²) in [4.78, 5) is 17.8. The van der Waals surface area contributed by atoms with Gasteiger partial charge in [-0.3, -0.25) is 9.79 Å². The first kappa shape index (κ1) is 22.3. The van der Waals surface area contributed by atoms with Crippen molar-refractivity contribution in [3.05, 3.63) is 53.6 Å². The summed E-state index contributed by atoms with van der Waals surface area (Å²) in [5.74, 6) is 1.27. The van der Waals surface area contributed by atoms with Crippen LogP contribution in [0, 0.1) is 0 Å². The van der Waals surface area contributed by atoms with Gasteiger partial charge >= 0.3 is 6.61 Å². The van der Waals surface area contributed by atoms with Crippen LogP contribution in [0.15, 0.2) is 47.5 Å². The molecule has 0 atom stereocenters. The fraction of sp³-hybridized carbons (Fsp3) is 0.364. The van der Waals surface area contributed by atoms with Crippen LogP contribution < -0.4 is 25.0 Å². The van der Waals surface area contributed by atoms with Crippen molar-refractivity contribution in [1.29, 1.82) is 0 Å². The Balaban J connectivity index is 1.57. The summed E-state index contributed by atoms with van der Waals surface area (Å²) >= 11 is 0. The Morgan fingerprint density at radius 3 is 2.52 bits per heavy atom. The summed E-state index contributed by atoms with van der Waals surface area (Å²) in [7, 11) is 3.13. The highest BCUT2D eigenvalue weighted by molar-refractivity contribution is 5.95. The molecule has 7 nitrogen and oxygen atoms in total. The number of hydrogen-bond acceptors (Lipinski definition) is 4. The highest BCUT2D eigenvalue weighted by Gasteiger charge is 2.21. The van der Waals surface area contributed by atoms with E-state index in [0.29, 0.717) is 30.2 Å². The Labute approximate surface area is 180 Å². The molecular weight excluding hydrogens is 406 g/mol. The van der Waals surface area contributed by atoms with Gasteiger partial charge in [0.1, 0.15) is 11.5 Å². The average Bonchev–Trinajstić information content (AvgIpc) is 3.20. The molecule has 2 aromatic carbocycles. The molecule has 0 aliphatic carbocycles. The Hall–Kier alpha value is -3.36. The van der Waals surface area contributed by atoms with Gasteiger partial charge in [-0.1, -0.05) is 12.1 Å². The van der Waals surface area contributed by atoms with Crippen molar-refractivity contribution in [3.63, 3.8) is 0 Å². The second-order valence-corrected chi connectivity index (χ2v) is 6.95. The molecule has 2 aromatic rings. The largest absolute Gasteiger partial charge is 0.497 e. The number of carbonyl (C=O) groups is 1. The molecule has 31 heavy (non-hydrogen) atoms. The van der Waals surface area contributed by atoms with E-state index in [1.165, 1.54) is 13.2 Å². The van der Waals surface area contributed by atoms with Crippen molar-refractivity contribution in [1.82, 2.24) is 10.6 Å². The molecule has 9 heteroatoms. The average molecular weight is 432 g/mol. The highest BCUT2D eigenvalue weighted by Crippen LogP contribution is 2.25. The Morgan fingerprint density at radius 1 is 1.16 bits per heavy atom. The maximum atomic E-state index is 12.7. The number of rotatable bonds is 8. The molecular formula is C22H26F2N4O3. The van der Waals surface area contributed by atoms with E-state index in [1.807, 2.05) is 24.3 Å². The summed E-state index contributed by atoms with van der Waals surface area (Å²) in [6, 6.07) is 12.4. The summed E-state index contributed by atoms with van der Waals surface area (Å²) in [5, 5.41) is 6.27. The van der Waals surface area contributed by atoms with Crippen LogP contribution in [0.25, 0.3) is 0 Å². The van der Waals surface area contributed by atoms with Gasteiger partial charge < -0.3 is 25.0 Å². The summed E-state index contributed by atoms with van der Waals surface area (Å²) < 4.78 is 35.1. The number of methoxy groups -OCH3 is 1. The SMILES string of the molecule is CN=C(NCc1ccc(N2CCCC2=O)cc1)NCc1cc(OC)ccc1OC(F)F. The summed E-state index contributed by atoms with van der Waals surface area (Å²) in [6.45, 7) is -1.43. The molecule has 0 aromatic heterocycles. The lowest BCUT2D eigenvalue weighted by Crippen LogP contribution is -2.36. The van der Waals surface area contributed by atoms with Gasteiger partial charge in [0.25, 0.3) is 0 Å². The number of nitrogens with one attached hydrogen (secondary N) is 2. The van der Waals surface area contributed by atoms with Gasteiger partial charge in [0.15, 0.2) is 5.96 Å². The van der Waals surface area contributed by atoms with E-state index in [-0.39, 0.29) is 18.2 Å². The van der Waals surface area contributed by atoms with Crippen molar-refractivity contribution in [2.45, 2.75) is 32.5 Å². The Kier molecular flexibility index (Phi) is 7.64. The molecule has 1 saturated heterocycles. The number of aliphatic imine (C=N–C) groups is 1. The highest BCUT2D eigenvalue weighted by atomic mass is 19.3. The fourth-order valence-electron chi connectivity index (χ4n) is 3.33. The zero-order valence-corrected chi connectivity index (χ0v) is 17.5. The van der Waals surface area contributed by atoms with Crippen LogP contribution in [-0.2, 0) is 17.9 Å². The number of hydrogen-bond donors (Lipinski definition) is 2. The van der Waals surface area contributed by atoms with Gasteiger partial charge in [0.2, 0.25) is 5.91 Å². The molecule has 1 amide bonds. The van der Waals surface area contributed by atoms with Gasteiger partial charge in [-0.05, 0) is 42.3 Å². The maximum absolute atomic E-state index is 12.7. The lowest BCUT2D eigenvalue weighted by molar-refractivity contribution is -0.117. The van der Waals surface area contributed by atoms with E-state index in [1.54, 1.807) is 24.1 Å². The number of alkyl halides is 2. The monoisotopic (exact) mass is 432 g/mol. The lowest BCUT2D eigenvalue weighted by Gasteiger charge is -2.17. The second kappa shape index (κ2) is 10.6. The topological polar surface area (TPSA) is 75.2 Å². The molecule has 1 heterocycles. The van der Waals surface area contributed by atoms with Crippen molar-refractivity contribution >= 4 is 17.6 Å². The van der Waals surface area contributed by atoms with Crippen molar-refractivity contribution < 1.29 is 23.0 Å². The zero-order chi connectivity index (χ0) is 22.2. The first-order valence-electron chi connectivity index (χ1n) is 9.95. The molecule has 0 bridgehead atoms. The van der Waals surface area contributed by atoms with Gasteiger partial charge in [-0.25, -0.2) is 0 Å². The van der Waals surface area contributed by atoms with E-state index in [0.717, 1.165) is 24.2 Å². The molecule has 0 spiro atoms. The molecule has 1 aliphatic heterocycles. The minimum Gasteiger partial charge on any atom is -0.497 e.